The highest BCUT2D eigenvalue weighted by atomic mass is 19.4. The first-order valence-electron chi connectivity index (χ1n) is 3.77. The molecule has 0 aromatic carbocycles. The van der Waals surface area contributed by atoms with Crippen molar-refractivity contribution in [2.75, 3.05) is 7.11 Å². The van der Waals surface area contributed by atoms with Crippen molar-refractivity contribution in [2.24, 2.45) is 5.73 Å². The summed E-state index contributed by atoms with van der Waals surface area (Å²) in [6, 6.07) is -0.952. The van der Waals surface area contributed by atoms with Crippen LogP contribution in [0.4, 0.5) is 13.2 Å². The number of rotatable bonds is 4. The van der Waals surface area contributed by atoms with Crippen molar-refractivity contribution in [3.63, 3.8) is 0 Å². The summed E-state index contributed by atoms with van der Waals surface area (Å²) in [7, 11) is 1.14. The zero-order valence-electron chi connectivity index (χ0n) is 7.23. The van der Waals surface area contributed by atoms with Crippen LogP contribution in [0.2, 0.25) is 0 Å². The van der Waals surface area contributed by atoms with Gasteiger partial charge in [-0.3, -0.25) is 4.79 Å². The molecule has 0 radical (unpaired) electrons. The van der Waals surface area contributed by atoms with Crippen LogP contribution in [0.25, 0.3) is 0 Å². The third-order valence-corrected chi connectivity index (χ3v) is 1.48. The molecule has 13 heavy (non-hydrogen) atoms. The van der Waals surface area contributed by atoms with Crippen LogP contribution in [0.15, 0.2) is 0 Å². The lowest BCUT2D eigenvalue weighted by Crippen LogP contribution is -2.31. The van der Waals surface area contributed by atoms with Gasteiger partial charge in [0.25, 0.3) is 0 Å². The minimum atomic E-state index is -4.18. The molecule has 0 unspecified atom stereocenters. The number of ether oxygens (including phenoxy) is 1. The third kappa shape index (κ3) is 6.39. The van der Waals surface area contributed by atoms with Crippen molar-refractivity contribution in [3.05, 3.63) is 0 Å². The average molecular weight is 199 g/mol. The maximum atomic E-state index is 11.6. The minimum Gasteiger partial charge on any atom is -0.468 e. The van der Waals surface area contributed by atoms with Gasteiger partial charge in [-0.1, -0.05) is 0 Å². The number of hydrogen-bond acceptors (Lipinski definition) is 3. The van der Waals surface area contributed by atoms with Crippen molar-refractivity contribution in [1.82, 2.24) is 0 Å². The number of methoxy groups -OCH3 is 1. The van der Waals surface area contributed by atoms with Crippen LogP contribution < -0.4 is 5.73 Å². The predicted molar refractivity (Wildman–Crippen MR) is 39.9 cm³/mol. The number of esters is 1. The van der Waals surface area contributed by atoms with Gasteiger partial charge in [-0.05, 0) is 12.8 Å². The molecule has 0 amide bonds. The van der Waals surface area contributed by atoms with Crippen molar-refractivity contribution in [1.29, 1.82) is 0 Å². The molecular formula is C7H12F3NO2. The highest BCUT2D eigenvalue weighted by Gasteiger charge is 2.27. The molecule has 1 atom stereocenters. The largest absolute Gasteiger partial charge is 0.468 e. The molecule has 0 aliphatic heterocycles. The molecule has 6 heteroatoms. The Balaban J connectivity index is 3.59. The number of carbonyl (C=O) groups excluding carboxylic acids is 1. The maximum Gasteiger partial charge on any atom is 0.389 e. The first-order valence-corrected chi connectivity index (χ1v) is 3.77. The van der Waals surface area contributed by atoms with Gasteiger partial charge in [0.2, 0.25) is 0 Å². The lowest BCUT2D eigenvalue weighted by Gasteiger charge is -2.09. The summed E-state index contributed by atoms with van der Waals surface area (Å²) in [5.41, 5.74) is 5.22. The van der Waals surface area contributed by atoms with Gasteiger partial charge < -0.3 is 10.5 Å². The second-order valence-corrected chi connectivity index (χ2v) is 2.64. The smallest absolute Gasteiger partial charge is 0.389 e. The molecule has 3 nitrogen and oxygen atoms in total. The van der Waals surface area contributed by atoms with Crippen LogP contribution in [0.3, 0.4) is 0 Å². The molecule has 0 spiro atoms. The van der Waals surface area contributed by atoms with E-state index in [-0.39, 0.29) is 12.8 Å². The SMILES string of the molecule is COC(=O)[C@H](N)CCCC(F)(F)F. The van der Waals surface area contributed by atoms with E-state index in [0.717, 1.165) is 7.11 Å². The van der Waals surface area contributed by atoms with Crippen LogP contribution in [-0.2, 0) is 9.53 Å². The van der Waals surface area contributed by atoms with Gasteiger partial charge in [0.1, 0.15) is 6.04 Å². The molecule has 2 N–H and O–H groups in total. The van der Waals surface area contributed by atoms with Crippen LogP contribution in [0, 0.1) is 0 Å². The molecule has 0 fully saturated rings. The number of alkyl halides is 3. The lowest BCUT2D eigenvalue weighted by atomic mass is 10.1. The topological polar surface area (TPSA) is 52.3 Å². The molecule has 0 aromatic heterocycles. The Labute approximate surface area is 74.0 Å². The summed E-state index contributed by atoms with van der Waals surface area (Å²) >= 11 is 0. The van der Waals surface area contributed by atoms with E-state index in [1.807, 2.05) is 0 Å². The Kier molecular flexibility index (Phi) is 4.76. The molecule has 0 bridgehead atoms. The molecule has 78 valence electrons. The van der Waals surface area contributed by atoms with Crippen molar-refractivity contribution >= 4 is 5.97 Å². The summed E-state index contributed by atoms with van der Waals surface area (Å²) < 4.78 is 39.1. The fourth-order valence-corrected chi connectivity index (χ4v) is 0.792. The monoisotopic (exact) mass is 199 g/mol. The fourth-order valence-electron chi connectivity index (χ4n) is 0.792. The average Bonchev–Trinajstić information content (AvgIpc) is 2.00. The van der Waals surface area contributed by atoms with Gasteiger partial charge in [0.15, 0.2) is 0 Å². The highest BCUT2D eigenvalue weighted by Crippen LogP contribution is 2.22. The normalized spacial score (nSPS) is 13.9. The van der Waals surface area contributed by atoms with Crippen LogP contribution in [-0.4, -0.2) is 25.3 Å². The minimum absolute atomic E-state index is 0.00775. The van der Waals surface area contributed by atoms with Crippen LogP contribution in [0.5, 0.6) is 0 Å². The van der Waals surface area contributed by atoms with E-state index in [1.165, 1.54) is 0 Å². The fraction of sp³-hybridized carbons (Fsp3) is 0.857. The Morgan fingerprint density at radius 3 is 2.46 bits per heavy atom. The quantitative estimate of drug-likeness (QED) is 0.692. The Bertz CT molecular complexity index is 170. The summed E-state index contributed by atoms with van der Waals surface area (Å²) in [5, 5.41) is 0. The van der Waals surface area contributed by atoms with E-state index in [1.54, 1.807) is 0 Å². The van der Waals surface area contributed by atoms with E-state index < -0.39 is 24.6 Å². The first kappa shape index (κ1) is 12.2. The number of hydrogen-bond donors (Lipinski definition) is 1. The van der Waals surface area contributed by atoms with Gasteiger partial charge in [-0.15, -0.1) is 0 Å². The zero-order valence-corrected chi connectivity index (χ0v) is 7.23. The van der Waals surface area contributed by atoms with E-state index >= 15 is 0 Å². The van der Waals surface area contributed by atoms with Crippen LogP contribution >= 0.6 is 0 Å². The van der Waals surface area contributed by atoms with Gasteiger partial charge >= 0.3 is 12.1 Å². The van der Waals surface area contributed by atoms with Gasteiger partial charge in [0, 0.05) is 6.42 Å². The molecule has 0 aliphatic rings. The number of halogens is 3. The summed E-state index contributed by atoms with van der Waals surface area (Å²) in [4.78, 5) is 10.6. The predicted octanol–water partition coefficient (Wildman–Crippen LogP) is 1.22. The Morgan fingerprint density at radius 1 is 1.54 bits per heavy atom. The molecule has 0 saturated heterocycles. The second kappa shape index (κ2) is 5.06. The van der Waals surface area contributed by atoms with E-state index in [2.05, 4.69) is 4.74 Å². The van der Waals surface area contributed by atoms with Gasteiger partial charge in [-0.2, -0.15) is 13.2 Å². The van der Waals surface area contributed by atoms with Crippen molar-refractivity contribution in [3.8, 4) is 0 Å². The van der Waals surface area contributed by atoms with Gasteiger partial charge in [0.05, 0.1) is 7.11 Å². The number of carbonyl (C=O) groups is 1. The number of nitrogens with two attached hydrogens (primary N) is 1. The van der Waals surface area contributed by atoms with E-state index in [4.69, 9.17) is 5.73 Å². The molecular weight excluding hydrogens is 187 g/mol. The highest BCUT2D eigenvalue weighted by molar-refractivity contribution is 5.75. The molecule has 0 rings (SSSR count). The lowest BCUT2D eigenvalue weighted by molar-refractivity contribution is -0.144. The zero-order chi connectivity index (χ0) is 10.5. The standard InChI is InChI=1S/C7H12F3NO2/c1-13-6(12)5(11)3-2-4-7(8,9)10/h5H,2-4,11H2,1H3/t5-/m1/s1. The summed E-state index contributed by atoms with van der Waals surface area (Å²) in [6.07, 6.45) is -5.26. The summed E-state index contributed by atoms with van der Waals surface area (Å²) in [5.74, 6) is -0.679. The third-order valence-electron chi connectivity index (χ3n) is 1.48. The van der Waals surface area contributed by atoms with Crippen LogP contribution in [0.1, 0.15) is 19.3 Å². The van der Waals surface area contributed by atoms with E-state index in [9.17, 15) is 18.0 Å². The van der Waals surface area contributed by atoms with E-state index in [0.29, 0.717) is 0 Å². The van der Waals surface area contributed by atoms with Gasteiger partial charge in [-0.25, -0.2) is 0 Å². The first-order chi connectivity index (χ1) is 5.87. The van der Waals surface area contributed by atoms with Crippen molar-refractivity contribution in [2.45, 2.75) is 31.5 Å². The summed E-state index contributed by atoms with van der Waals surface area (Å²) in [6.45, 7) is 0. The molecule has 0 aliphatic carbocycles. The van der Waals surface area contributed by atoms with Crippen molar-refractivity contribution < 1.29 is 22.7 Å². The Hall–Kier alpha value is -0.780. The Morgan fingerprint density at radius 2 is 2.08 bits per heavy atom. The maximum absolute atomic E-state index is 11.6. The molecule has 0 saturated carbocycles. The molecule has 0 aromatic rings. The molecule has 0 heterocycles. The second-order valence-electron chi connectivity index (χ2n) is 2.64.